The monoisotopic (exact) mass is 435 g/mol. The van der Waals surface area contributed by atoms with Gasteiger partial charge >= 0.3 is 6.18 Å². The van der Waals surface area contributed by atoms with E-state index in [-0.39, 0.29) is 14.8 Å². The Balaban J connectivity index is 0.000000257. The Morgan fingerprint density at radius 3 is 1.68 bits per heavy atom. The summed E-state index contributed by atoms with van der Waals surface area (Å²) < 4.78 is 79.0. The molecule has 2 aromatic carbocycles. The molecule has 25 heavy (non-hydrogen) atoms. The Hall–Kier alpha value is -1.33. The number of hydrogen-bond acceptors (Lipinski definition) is 4. The van der Waals surface area contributed by atoms with Crippen molar-refractivity contribution < 1.29 is 30.0 Å². The minimum absolute atomic E-state index is 0.0401. The second-order valence-electron chi connectivity index (χ2n) is 4.44. The number of sulfonamides is 1. The molecule has 0 unspecified atom stereocenters. The van der Waals surface area contributed by atoms with Gasteiger partial charge in [0.2, 0.25) is 10.0 Å². The molecule has 2 aromatic rings. The maximum absolute atomic E-state index is 12.0. The van der Waals surface area contributed by atoms with E-state index in [1.807, 2.05) is 0 Å². The molecule has 0 atom stereocenters. The van der Waals surface area contributed by atoms with E-state index in [1.165, 1.54) is 12.1 Å². The summed E-state index contributed by atoms with van der Waals surface area (Å²) in [7, 11) is -2.71. The lowest BCUT2D eigenvalue weighted by Crippen LogP contribution is -2.12. The number of alkyl halides is 3. The first kappa shape index (κ1) is 21.7. The SMILES string of the molecule is NS(=O)(=O)c1ccccc1Cl.O=S(=O)(Cl)c1ccc(C(F)(F)F)cc1. The van der Waals surface area contributed by atoms with Crippen LogP contribution < -0.4 is 5.14 Å². The Bertz CT molecular complexity index is 944. The van der Waals surface area contributed by atoms with Gasteiger partial charge in [0.25, 0.3) is 9.05 Å². The van der Waals surface area contributed by atoms with Crippen molar-refractivity contribution in [2.24, 2.45) is 5.14 Å². The van der Waals surface area contributed by atoms with Gasteiger partial charge in [-0.05, 0) is 36.4 Å². The summed E-state index contributed by atoms with van der Waals surface area (Å²) >= 11 is 5.55. The molecule has 0 saturated carbocycles. The molecule has 138 valence electrons. The molecule has 0 saturated heterocycles. The largest absolute Gasteiger partial charge is 0.416 e. The van der Waals surface area contributed by atoms with Gasteiger partial charge in [-0.3, -0.25) is 0 Å². The maximum atomic E-state index is 12.0. The van der Waals surface area contributed by atoms with Crippen molar-refractivity contribution in [2.75, 3.05) is 0 Å². The van der Waals surface area contributed by atoms with Crippen LogP contribution in [0.15, 0.2) is 58.3 Å². The van der Waals surface area contributed by atoms with Gasteiger partial charge in [-0.1, -0.05) is 23.7 Å². The molecule has 0 heterocycles. The van der Waals surface area contributed by atoms with Crippen LogP contribution in [0.3, 0.4) is 0 Å². The lowest BCUT2D eigenvalue weighted by molar-refractivity contribution is -0.137. The number of nitrogens with two attached hydrogens (primary N) is 1. The Morgan fingerprint density at radius 1 is 0.880 bits per heavy atom. The predicted molar refractivity (Wildman–Crippen MR) is 87.3 cm³/mol. The van der Waals surface area contributed by atoms with Gasteiger partial charge in [0.1, 0.15) is 4.90 Å². The van der Waals surface area contributed by atoms with E-state index >= 15 is 0 Å². The molecule has 0 aliphatic rings. The second kappa shape index (κ2) is 7.92. The number of halogens is 5. The smallest absolute Gasteiger partial charge is 0.225 e. The van der Waals surface area contributed by atoms with Gasteiger partial charge in [0.15, 0.2) is 0 Å². The van der Waals surface area contributed by atoms with Crippen molar-refractivity contribution in [3.8, 4) is 0 Å². The molecule has 0 amide bonds. The first-order valence-electron chi connectivity index (χ1n) is 6.12. The third-order valence-electron chi connectivity index (χ3n) is 2.61. The Kier molecular flexibility index (Phi) is 6.88. The van der Waals surface area contributed by atoms with E-state index < -0.39 is 30.8 Å². The fourth-order valence-electron chi connectivity index (χ4n) is 1.48. The highest BCUT2D eigenvalue weighted by Crippen LogP contribution is 2.30. The molecule has 0 spiro atoms. The van der Waals surface area contributed by atoms with Crippen LogP contribution in [0.5, 0.6) is 0 Å². The van der Waals surface area contributed by atoms with Crippen LogP contribution in [-0.2, 0) is 25.3 Å². The highest BCUT2D eigenvalue weighted by Gasteiger charge is 2.30. The molecule has 0 aliphatic carbocycles. The van der Waals surface area contributed by atoms with Crippen LogP contribution in [0, 0.1) is 0 Å². The van der Waals surface area contributed by atoms with Crippen LogP contribution >= 0.6 is 22.3 Å². The fraction of sp³-hybridized carbons (Fsp3) is 0.0769. The zero-order chi connectivity index (χ0) is 19.5. The van der Waals surface area contributed by atoms with E-state index in [0.717, 1.165) is 12.1 Å². The molecule has 0 radical (unpaired) electrons. The van der Waals surface area contributed by atoms with Gasteiger partial charge in [-0.25, -0.2) is 22.0 Å². The maximum Gasteiger partial charge on any atom is 0.416 e. The van der Waals surface area contributed by atoms with Crippen LogP contribution in [0.4, 0.5) is 13.2 Å². The van der Waals surface area contributed by atoms with E-state index in [9.17, 15) is 30.0 Å². The van der Waals surface area contributed by atoms with Crippen molar-refractivity contribution in [1.82, 2.24) is 0 Å². The predicted octanol–water partition coefficient (Wildman–Crippen LogP) is 3.62. The summed E-state index contributed by atoms with van der Waals surface area (Å²) in [4.78, 5) is -0.395. The van der Waals surface area contributed by atoms with Gasteiger partial charge in [0, 0.05) is 10.7 Å². The molecule has 0 aliphatic heterocycles. The van der Waals surface area contributed by atoms with E-state index in [1.54, 1.807) is 12.1 Å². The molecule has 2 rings (SSSR count). The lowest BCUT2D eigenvalue weighted by atomic mass is 10.2. The number of hydrogen-bond donors (Lipinski definition) is 1. The van der Waals surface area contributed by atoms with Crippen molar-refractivity contribution in [3.63, 3.8) is 0 Å². The second-order valence-corrected chi connectivity index (χ2v) is 8.94. The summed E-state index contributed by atoms with van der Waals surface area (Å²) in [6, 6.07) is 8.97. The molecule has 2 N–H and O–H groups in total. The number of benzene rings is 2. The molecule has 12 heteroatoms. The molecule has 5 nitrogen and oxygen atoms in total. The first-order chi connectivity index (χ1) is 11.2. The Morgan fingerprint density at radius 2 is 1.36 bits per heavy atom. The van der Waals surface area contributed by atoms with Gasteiger partial charge in [0.05, 0.1) is 15.5 Å². The van der Waals surface area contributed by atoms with Crippen molar-refractivity contribution >= 4 is 41.4 Å². The average Bonchev–Trinajstić information content (AvgIpc) is 2.45. The van der Waals surface area contributed by atoms with Crippen molar-refractivity contribution in [2.45, 2.75) is 16.0 Å². The topological polar surface area (TPSA) is 94.3 Å². The lowest BCUT2D eigenvalue weighted by Gasteiger charge is -2.05. The molecular formula is C13H10Cl2F3NO4S2. The summed E-state index contributed by atoms with van der Waals surface area (Å²) in [6.45, 7) is 0. The van der Waals surface area contributed by atoms with Crippen molar-refractivity contribution in [3.05, 3.63) is 59.1 Å². The zero-order valence-electron chi connectivity index (χ0n) is 12.0. The standard InChI is InChI=1S/C7H4ClF3O2S.C6H6ClNO2S/c8-14(12,13)6-3-1-5(2-4-6)7(9,10)11;7-5-3-1-2-4-6(5)11(8,9)10/h1-4H;1-4H,(H2,8,9,10). The fourth-order valence-corrected chi connectivity index (χ4v) is 3.32. The Labute approximate surface area is 151 Å². The zero-order valence-corrected chi connectivity index (χ0v) is 15.2. The van der Waals surface area contributed by atoms with Crippen LogP contribution in [0.25, 0.3) is 0 Å². The van der Waals surface area contributed by atoms with Crippen molar-refractivity contribution in [1.29, 1.82) is 0 Å². The van der Waals surface area contributed by atoms with E-state index in [2.05, 4.69) is 0 Å². The van der Waals surface area contributed by atoms with Gasteiger partial charge in [-0.2, -0.15) is 13.2 Å². The molecular weight excluding hydrogens is 426 g/mol. The van der Waals surface area contributed by atoms with E-state index in [4.69, 9.17) is 27.4 Å². The quantitative estimate of drug-likeness (QED) is 0.728. The minimum Gasteiger partial charge on any atom is -0.225 e. The molecule has 0 fully saturated rings. The third-order valence-corrected chi connectivity index (χ3v) is 5.39. The summed E-state index contributed by atoms with van der Waals surface area (Å²) in [5, 5.41) is 4.99. The van der Waals surface area contributed by atoms with Crippen LogP contribution in [0.1, 0.15) is 5.56 Å². The summed E-state index contributed by atoms with van der Waals surface area (Å²) in [6.07, 6.45) is -4.48. The minimum atomic E-state index is -4.48. The number of primary sulfonamides is 1. The van der Waals surface area contributed by atoms with Gasteiger partial charge < -0.3 is 0 Å². The highest BCUT2D eigenvalue weighted by atomic mass is 35.7. The third kappa shape index (κ3) is 6.83. The number of rotatable bonds is 2. The van der Waals surface area contributed by atoms with Crippen LogP contribution in [0.2, 0.25) is 5.02 Å². The average molecular weight is 436 g/mol. The first-order valence-corrected chi connectivity index (χ1v) is 10.4. The highest BCUT2D eigenvalue weighted by molar-refractivity contribution is 8.13. The molecule has 0 aromatic heterocycles. The summed E-state index contributed by atoms with van der Waals surface area (Å²) in [5.74, 6) is 0. The molecule has 0 bridgehead atoms. The van der Waals surface area contributed by atoms with E-state index in [0.29, 0.717) is 12.1 Å². The summed E-state index contributed by atoms with van der Waals surface area (Å²) in [5.41, 5.74) is -0.915. The van der Waals surface area contributed by atoms with Gasteiger partial charge in [-0.15, -0.1) is 0 Å². The van der Waals surface area contributed by atoms with Crippen LogP contribution in [-0.4, -0.2) is 16.8 Å². The normalized spacial score (nSPS) is 12.2.